The van der Waals surface area contributed by atoms with E-state index in [0.717, 1.165) is 23.7 Å². The number of nitrogens with zero attached hydrogens (tertiary/aromatic N) is 5. The van der Waals surface area contributed by atoms with Crippen molar-refractivity contribution in [3.05, 3.63) is 53.0 Å². The summed E-state index contributed by atoms with van der Waals surface area (Å²) in [6.07, 6.45) is -2.62. The summed E-state index contributed by atoms with van der Waals surface area (Å²) in [5.41, 5.74) is 13.2. The van der Waals surface area contributed by atoms with Crippen molar-refractivity contribution >= 4 is 33.8 Å². The average Bonchev–Trinajstić information content (AvgIpc) is 3.32. The molecule has 3 aromatic heterocycles. The number of rotatable bonds is 7. The molecule has 0 atom stereocenters. The van der Waals surface area contributed by atoms with Crippen LogP contribution in [0.25, 0.3) is 22.6 Å². The zero-order chi connectivity index (χ0) is 26.0. The third-order valence-corrected chi connectivity index (χ3v) is 6.23. The van der Waals surface area contributed by atoms with Gasteiger partial charge in [0, 0.05) is 41.5 Å². The number of nitrogens with two attached hydrogens (primary N) is 2. The minimum atomic E-state index is -4.58. The van der Waals surface area contributed by atoms with Crippen LogP contribution in [-0.4, -0.2) is 33.6 Å². The number of methoxy groups -OCH3 is 1. The molecule has 0 saturated carbocycles. The van der Waals surface area contributed by atoms with E-state index in [-0.39, 0.29) is 23.1 Å². The van der Waals surface area contributed by atoms with Crippen molar-refractivity contribution in [2.45, 2.75) is 26.4 Å². The van der Waals surface area contributed by atoms with Gasteiger partial charge in [0.25, 0.3) is 0 Å². The lowest BCUT2D eigenvalue weighted by atomic mass is 9.99. The third-order valence-electron chi connectivity index (χ3n) is 5.37. The van der Waals surface area contributed by atoms with Crippen molar-refractivity contribution in [3.63, 3.8) is 0 Å². The lowest BCUT2D eigenvalue weighted by Gasteiger charge is -2.24. The van der Waals surface area contributed by atoms with Gasteiger partial charge in [-0.1, -0.05) is 19.1 Å². The lowest BCUT2D eigenvalue weighted by Crippen LogP contribution is -2.19. The molecular formula is C24H24F3N7OS. The van der Waals surface area contributed by atoms with Gasteiger partial charge in [-0.3, -0.25) is 0 Å². The summed E-state index contributed by atoms with van der Waals surface area (Å²) in [6, 6.07) is 7.52. The van der Waals surface area contributed by atoms with Gasteiger partial charge in [0.1, 0.15) is 17.3 Å². The molecule has 4 rings (SSSR count). The zero-order valence-corrected chi connectivity index (χ0v) is 20.6. The van der Waals surface area contributed by atoms with Gasteiger partial charge in [-0.2, -0.15) is 13.2 Å². The highest BCUT2D eigenvalue weighted by molar-refractivity contribution is 7.14. The van der Waals surface area contributed by atoms with Gasteiger partial charge < -0.3 is 21.1 Å². The first-order valence-electron chi connectivity index (χ1n) is 11.0. The predicted octanol–water partition coefficient (Wildman–Crippen LogP) is 5.71. The Morgan fingerprint density at radius 1 is 1.06 bits per heavy atom. The van der Waals surface area contributed by atoms with E-state index in [9.17, 15) is 13.2 Å². The molecule has 1 aromatic carbocycles. The number of aryl methyl sites for hydroxylation is 1. The van der Waals surface area contributed by atoms with Gasteiger partial charge in [0.15, 0.2) is 11.0 Å². The first-order valence-corrected chi connectivity index (χ1v) is 11.8. The second-order valence-corrected chi connectivity index (χ2v) is 8.82. The van der Waals surface area contributed by atoms with Crippen molar-refractivity contribution < 1.29 is 17.9 Å². The van der Waals surface area contributed by atoms with Crippen molar-refractivity contribution in [2.24, 2.45) is 0 Å². The van der Waals surface area contributed by atoms with Gasteiger partial charge >= 0.3 is 6.18 Å². The summed E-state index contributed by atoms with van der Waals surface area (Å²) in [5.74, 6) is 0.658. The molecule has 0 fully saturated rings. The minimum absolute atomic E-state index is 0.0375. The average molecular weight is 516 g/mol. The molecule has 0 unspecified atom stereocenters. The highest BCUT2D eigenvalue weighted by Crippen LogP contribution is 2.41. The third kappa shape index (κ3) is 5.18. The molecule has 4 N–H and O–H groups in total. The zero-order valence-electron chi connectivity index (χ0n) is 19.8. The molecule has 12 heteroatoms. The number of hydrogen-bond acceptors (Lipinski definition) is 9. The molecule has 0 aliphatic heterocycles. The molecule has 3 heterocycles. The number of hydrogen-bond donors (Lipinski definition) is 2. The Labute approximate surface area is 209 Å². The van der Waals surface area contributed by atoms with Gasteiger partial charge in [-0.05, 0) is 30.5 Å². The van der Waals surface area contributed by atoms with Crippen LogP contribution in [0, 0.1) is 6.92 Å². The Morgan fingerprint density at radius 3 is 2.42 bits per heavy atom. The van der Waals surface area contributed by atoms with Crippen LogP contribution in [-0.2, 0) is 6.18 Å². The Morgan fingerprint density at radius 2 is 1.78 bits per heavy atom. The molecule has 0 bridgehead atoms. The predicted molar refractivity (Wildman–Crippen MR) is 135 cm³/mol. The fourth-order valence-corrected chi connectivity index (χ4v) is 4.56. The highest BCUT2D eigenvalue weighted by Gasteiger charge is 2.35. The van der Waals surface area contributed by atoms with Crippen LogP contribution in [0.2, 0.25) is 0 Å². The molecule has 188 valence electrons. The number of halogens is 3. The molecule has 0 amide bonds. The first kappa shape index (κ1) is 25.2. The fourth-order valence-electron chi connectivity index (χ4n) is 3.71. The molecule has 0 saturated heterocycles. The molecule has 0 radical (unpaired) electrons. The summed E-state index contributed by atoms with van der Waals surface area (Å²) in [5, 5.41) is 2.43. The van der Waals surface area contributed by atoms with E-state index < -0.39 is 11.7 Å². The second kappa shape index (κ2) is 9.97. The maximum Gasteiger partial charge on any atom is 0.417 e. The fraction of sp³-hybridized carbons (Fsp3) is 0.250. The monoisotopic (exact) mass is 515 g/mol. The van der Waals surface area contributed by atoms with Crippen LogP contribution in [0.5, 0.6) is 5.88 Å². The van der Waals surface area contributed by atoms with E-state index in [4.69, 9.17) is 16.2 Å². The number of anilines is 4. The van der Waals surface area contributed by atoms with E-state index in [0.29, 0.717) is 28.8 Å². The number of alkyl halides is 3. The number of benzene rings is 1. The highest BCUT2D eigenvalue weighted by atomic mass is 32.1. The Hall–Kier alpha value is -3.93. The topological polar surface area (TPSA) is 116 Å². The van der Waals surface area contributed by atoms with Crippen molar-refractivity contribution in [3.8, 4) is 28.5 Å². The number of pyridine rings is 1. The van der Waals surface area contributed by atoms with Crippen LogP contribution >= 0.6 is 11.3 Å². The van der Waals surface area contributed by atoms with Crippen LogP contribution in [0.4, 0.5) is 35.6 Å². The van der Waals surface area contributed by atoms with Gasteiger partial charge in [-0.15, -0.1) is 11.3 Å². The molecule has 4 aromatic rings. The molecule has 0 aliphatic rings. The quantitative estimate of drug-likeness (QED) is 0.322. The summed E-state index contributed by atoms with van der Waals surface area (Å²) >= 11 is 1.37. The van der Waals surface area contributed by atoms with Crippen molar-refractivity contribution in [1.29, 1.82) is 0 Å². The Kier molecular flexibility index (Phi) is 6.97. The number of aromatic nitrogens is 4. The Balaban J connectivity index is 1.79. The molecule has 8 nitrogen and oxygen atoms in total. The van der Waals surface area contributed by atoms with Crippen LogP contribution in [0.1, 0.15) is 24.5 Å². The standard InChI is InChI=1S/C24H24F3N7OS/c1-4-7-34(23-31-17(12-36-23)22-32-19(28)10-20(29)33-22)18-8-14(6-5-13(18)2)15-11-30-21(35-3)9-16(15)24(25,26)27/h5-6,8-12H,4,7H2,1-3H3,(H4,28,29,32,33). The van der Waals surface area contributed by atoms with E-state index in [1.54, 1.807) is 23.6 Å². The number of thiazole rings is 1. The van der Waals surface area contributed by atoms with Gasteiger partial charge in [0.05, 0.1) is 12.7 Å². The summed E-state index contributed by atoms with van der Waals surface area (Å²) < 4.78 is 46.5. The maximum absolute atomic E-state index is 13.9. The largest absolute Gasteiger partial charge is 0.481 e. The lowest BCUT2D eigenvalue weighted by molar-refractivity contribution is -0.137. The summed E-state index contributed by atoms with van der Waals surface area (Å²) in [7, 11) is 1.28. The molecule has 0 aliphatic carbocycles. The minimum Gasteiger partial charge on any atom is -0.481 e. The number of ether oxygens (including phenoxy) is 1. The van der Waals surface area contributed by atoms with Gasteiger partial charge in [-0.25, -0.2) is 19.9 Å². The normalized spacial score (nSPS) is 11.5. The van der Waals surface area contributed by atoms with Crippen LogP contribution < -0.4 is 21.1 Å². The molecule has 0 spiro atoms. The molecule has 36 heavy (non-hydrogen) atoms. The van der Waals surface area contributed by atoms with Gasteiger partial charge in [0.2, 0.25) is 5.88 Å². The summed E-state index contributed by atoms with van der Waals surface area (Å²) in [6.45, 7) is 4.50. The second-order valence-electron chi connectivity index (χ2n) is 7.98. The van der Waals surface area contributed by atoms with E-state index >= 15 is 0 Å². The number of nitrogen functional groups attached to an aromatic ring is 2. The van der Waals surface area contributed by atoms with E-state index in [2.05, 4.69) is 19.9 Å². The van der Waals surface area contributed by atoms with Crippen LogP contribution in [0.3, 0.4) is 0 Å². The van der Waals surface area contributed by atoms with Crippen molar-refractivity contribution in [1.82, 2.24) is 19.9 Å². The van der Waals surface area contributed by atoms with Crippen LogP contribution in [0.15, 0.2) is 41.9 Å². The van der Waals surface area contributed by atoms with E-state index in [1.807, 2.05) is 18.7 Å². The smallest absolute Gasteiger partial charge is 0.417 e. The first-order chi connectivity index (χ1) is 17.1. The summed E-state index contributed by atoms with van der Waals surface area (Å²) in [4.78, 5) is 19.1. The van der Waals surface area contributed by atoms with E-state index in [1.165, 1.54) is 30.7 Å². The molecular weight excluding hydrogens is 491 g/mol. The SMILES string of the molecule is CCCN(c1nc(-c2nc(N)cc(N)n2)cs1)c1cc(-c2cnc(OC)cc2C(F)(F)F)ccc1C. The maximum atomic E-state index is 13.9. The van der Waals surface area contributed by atoms with Crippen molar-refractivity contribution in [2.75, 3.05) is 30.0 Å². The Bertz CT molecular complexity index is 1370.